The molecule has 1 aromatic carbocycles. The van der Waals surface area contributed by atoms with Crippen LogP contribution >= 0.6 is 0 Å². The summed E-state index contributed by atoms with van der Waals surface area (Å²) in [4.78, 5) is 4.60. The minimum Gasteiger partial charge on any atom is -0.494 e. The molecule has 0 unspecified atom stereocenters. The van der Waals surface area contributed by atoms with Gasteiger partial charge in [-0.05, 0) is 44.0 Å². The highest BCUT2D eigenvalue weighted by atomic mass is 16.5. The zero-order valence-electron chi connectivity index (χ0n) is 12.0. The molecule has 1 heterocycles. The summed E-state index contributed by atoms with van der Waals surface area (Å²) in [7, 11) is 0. The molecule has 0 bridgehead atoms. The van der Waals surface area contributed by atoms with Crippen LogP contribution in [0.25, 0.3) is 0 Å². The van der Waals surface area contributed by atoms with Gasteiger partial charge in [0.1, 0.15) is 17.6 Å². The fraction of sp³-hybridized carbons (Fsp3) is 0.294. The van der Waals surface area contributed by atoms with Crippen LogP contribution in [0, 0.1) is 11.3 Å². The quantitative estimate of drug-likeness (QED) is 0.899. The van der Waals surface area contributed by atoms with E-state index in [9.17, 15) is 5.26 Å². The minimum absolute atomic E-state index is 0.557. The van der Waals surface area contributed by atoms with E-state index in [2.05, 4.69) is 16.4 Å². The van der Waals surface area contributed by atoms with E-state index in [-0.39, 0.29) is 0 Å². The third-order valence-electron chi connectivity index (χ3n) is 3.44. The van der Waals surface area contributed by atoms with Crippen LogP contribution < -0.4 is 10.1 Å². The molecule has 106 valence electrons. The van der Waals surface area contributed by atoms with Gasteiger partial charge in [0, 0.05) is 23.4 Å². The predicted octanol–water partition coefficient (Wildman–Crippen LogP) is 3.97. The number of nitriles is 1. The Bertz CT molecular complexity index is 687. The number of hydrogen-bond acceptors (Lipinski definition) is 4. The Hall–Kier alpha value is -2.54. The molecule has 0 amide bonds. The highest BCUT2D eigenvalue weighted by Gasteiger charge is 2.25. The van der Waals surface area contributed by atoms with Crippen LogP contribution in [0.15, 0.2) is 36.4 Å². The van der Waals surface area contributed by atoms with E-state index in [1.54, 1.807) is 0 Å². The zero-order chi connectivity index (χ0) is 14.7. The summed E-state index contributed by atoms with van der Waals surface area (Å²) in [6, 6.07) is 13.7. The maximum atomic E-state index is 9.23. The summed E-state index contributed by atoms with van der Waals surface area (Å²) in [5.41, 5.74) is 2.50. The second-order valence-corrected chi connectivity index (χ2v) is 5.10. The smallest absolute Gasteiger partial charge is 0.148 e. The molecule has 1 aliphatic carbocycles. The van der Waals surface area contributed by atoms with Crippen molar-refractivity contribution in [3.63, 3.8) is 0 Å². The lowest BCUT2D eigenvalue weighted by molar-refractivity contribution is 0.340. The number of anilines is 2. The molecule has 4 nitrogen and oxygen atoms in total. The maximum absolute atomic E-state index is 9.23. The lowest BCUT2D eigenvalue weighted by Gasteiger charge is -2.10. The highest BCUT2D eigenvalue weighted by Crippen LogP contribution is 2.39. The molecule has 1 saturated carbocycles. The van der Waals surface area contributed by atoms with E-state index in [0.29, 0.717) is 23.9 Å². The van der Waals surface area contributed by atoms with Crippen molar-refractivity contribution in [3.8, 4) is 11.8 Å². The van der Waals surface area contributed by atoms with Crippen molar-refractivity contribution in [3.05, 3.63) is 47.7 Å². The van der Waals surface area contributed by atoms with Crippen LogP contribution in [0.1, 0.15) is 36.9 Å². The molecular formula is C17H17N3O. The van der Waals surface area contributed by atoms with Crippen LogP contribution in [0.3, 0.4) is 0 Å². The van der Waals surface area contributed by atoms with Gasteiger partial charge < -0.3 is 10.1 Å². The molecule has 0 spiro atoms. The van der Waals surface area contributed by atoms with Gasteiger partial charge in [-0.1, -0.05) is 6.07 Å². The third kappa shape index (κ3) is 3.14. The second kappa shape index (κ2) is 5.84. The van der Waals surface area contributed by atoms with Crippen molar-refractivity contribution in [2.24, 2.45) is 0 Å². The van der Waals surface area contributed by atoms with Crippen molar-refractivity contribution in [1.82, 2.24) is 4.98 Å². The van der Waals surface area contributed by atoms with Crippen LogP contribution in [0.4, 0.5) is 11.5 Å². The Morgan fingerprint density at radius 3 is 2.90 bits per heavy atom. The van der Waals surface area contributed by atoms with Crippen molar-refractivity contribution in [2.45, 2.75) is 25.7 Å². The van der Waals surface area contributed by atoms with E-state index in [4.69, 9.17) is 4.74 Å². The van der Waals surface area contributed by atoms with Crippen molar-refractivity contribution in [1.29, 1.82) is 5.26 Å². The van der Waals surface area contributed by atoms with Gasteiger partial charge in [-0.3, -0.25) is 0 Å². The number of ether oxygens (including phenoxy) is 1. The Kier molecular flexibility index (Phi) is 3.74. The van der Waals surface area contributed by atoms with Gasteiger partial charge in [0.25, 0.3) is 0 Å². The molecule has 1 fully saturated rings. The lowest BCUT2D eigenvalue weighted by atomic mass is 10.2. The summed E-state index contributed by atoms with van der Waals surface area (Å²) < 4.78 is 5.49. The Morgan fingerprint density at radius 2 is 2.19 bits per heavy atom. The monoisotopic (exact) mass is 279 g/mol. The Morgan fingerprint density at radius 1 is 1.33 bits per heavy atom. The molecule has 0 atom stereocenters. The number of aromatic nitrogens is 1. The number of benzene rings is 1. The SMILES string of the molecule is CCOc1cccc(Nc2nc(C3CC3)ccc2C#N)c1. The van der Waals surface area contributed by atoms with Crippen LogP contribution in [0.5, 0.6) is 5.75 Å². The summed E-state index contributed by atoms with van der Waals surface area (Å²) in [6.45, 7) is 2.58. The van der Waals surface area contributed by atoms with Crippen LogP contribution in [-0.4, -0.2) is 11.6 Å². The summed E-state index contributed by atoms with van der Waals surface area (Å²) in [6.07, 6.45) is 2.39. The first kappa shape index (κ1) is 13.4. The Balaban J connectivity index is 1.87. The first-order valence-electron chi connectivity index (χ1n) is 7.21. The molecule has 3 rings (SSSR count). The average Bonchev–Trinajstić information content (AvgIpc) is 3.33. The average molecular weight is 279 g/mol. The van der Waals surface area contributed by atoms with E-state index in [0.717, 1.165) is 17.1 Å². The zero-order valence-corrected chi connectivity index (χ0v) is 12.0. The van der Waals surface area contributed by atoms with Crippen molar-refractivity contribution < 1.29 is 4.74 Å². The summed E-state index contributed by atoms with van der Waals surface area (Å²) in [5, 5.41) is 12.5. The standard InChI is InChI=1S/C17H17N3O/c1-2-21-15-5-3-4-14(10-15)19-17-13(11-18)8-9-16(20-17)12-6-7-12/h3-5,8-10,12H,2,6-7H2,1H3,(H,19,20). The van der Waals surface area contributed by atoms with Crippen molar-refractivity contribution >= 4 is 11.5 Å². The first-order chi connectivity index (χ1) is 10.3. The van der Waals surface area contributed by atoms with Gasteiger partial charge in [-0.15, -0.1) is 0 Å². The molecular weight excluding hydrogens is 262 g/mol. The molecule has 0 aliphatic heterocycles. The van der Waals surface area contributed by atoms with Crippen molar-refractivity contribution in [2.75, 3.05) is 11.9 Å². The molecule has 2 aromatic rings. The van der Waals surface area contributed by atoms with E-state index >= 15 is 0 Å². The molecule has 0 radical (unpaired) electrons. The van der Waals surface area contributed by atoms with E-state index in [1.165, 1.54) is 12.8 Å². The molecule has 21 heavy (non-hydrogen) atoms. The molecule has 0 saturated heterocycles. The third-order valence-corrected chi connectivity index (χ3v) is 3.44. The normalized spacial score (nSPS) is 13.5. The minimum atomic E-state index is 0.557. The summed E-state index contributed by atoms with van der Waals surface area (Å²) in [5.74, 6) is 1.99. The molecule has 1 aromatic heterocycles. The fourth-order valence-electron chi connectivity index (χ4n) is 2.23. The number of nitrogens with zero attached hydrogens (tertiary/aromatic N) is 2. The van der Waals surface area contributed by atoms with Crippen LogP contribution in [0.2, 0.25) is 0 Å². The second-order valence-electron chi connectivity index (χ2n) is 5.10. The number of nitrogens with one attached hydrogen (secondary N) is 1. The topological polar surface area (TPSA) is 57.9 Å². The van der Waals surface area contributed by atoms with E-state index < -0.39 is 0 Å². The number of hydrogen-bond donors (Lipinski definition) is 1. The lowest BCUT2D eigenvalue weighted by Crippen LogP contribution is -2.00. The van der Waals surface area contributed by atoms with Gasteiger partial charge in [0.15, 0.2) is 0 Å². The van der Waals surface area contributed by atoms with Gasteiger partial charge in [0.05, 0.1) is 12.2 Å². The predicted molar refractivity (Wildman–Crippen MR) is 81.8 cm³/mol. The maximum Gasteiger partial charge on any atom is 0.148 e. The van der Waals surface area contributed by atoms with E-state index in [1.807, 2.05) is 43.3 Å². The van der Waals surface area contributed by atoms with Gasteiger partial charge in [-0.25, -0.2) is 4.98 Å². The molecule has 1 aliphatic rings. The largest absolute Gasteiger partial charge is 0.494 e. The Labute approximate surface area is 124 Å². The first-order valence-corrected chi connectivity index (χ1v) is 7.21. The van der Waals surface area contributed by atoms with Gasteiger partial charge in [0.2, 0.25) is 0 Å². The number of rotatable bonds is 5. The van der Waals surface area contributed by atoms with Gasteiger partial charge in [-0.2, -0.15) is 5.26 Å². The van der Waals surface area contributed by atoms with Gasteiger partial charge >= 0.3 is 0 Å². The van der Waals surface area contributed by atoms with Crippen LogP contribution in [-0.2, 0) is 0 Å². The highest BCUT2D eigenvalue weighted by molar-refractivity contribution is 5.64. The fourth-order valence-corrected chi connectivity index (χ4v) is 2.23. The molecule has 1 N–H and O–H groups in total. The molecule has 4 heteroatoms. The summed E-state index contributed by atoms with van der Waals surface area (Å²) >= 11 is 0. The number of pyridine rings is 1.